The molecule has 0 saturated heterocycles. The van der Waals surface area contributed by atoms with E-state index in [1.165, 1.54) is 6.39 Å². The maximum atomic E-state index is 5.34. The molecule has 0 unspecified atom stereocenters. The molecule has 0 aliphatic heterocycles. The Labute approximate surface area is 105 Å². The van der Waals surface area contributed by atoms with Gasteiger partial charge in [-0.1, -0.05) is 17.3 Å². The van der Waals surface area contributed by atoms with Gasteiger partial charge in [0.05, 0.1) is 20.8 Å². The standard InChI is InChI=1S/C12H15N3O3/c1-16-10-5-3-4-9(12(10)17-2)6-13-7-11-14-8-18-15-11/h3-5,8,13H,6-7H2,1-2H3. The van der Waals surface area contributed by atoms with Gasteiger partial charge in [0.2, 0.25) is 6.39 Å². The van der Waals surface area contributed by atoms with Gasteiger partial charge in [0.1, 0.15) is 0 Å². The Morgan fingerprint density at radius 3 is 2.78 bits per heavy atom. The van der Waals surface area contributed by atoms with E-state index in [0.29, 0.717) is 18.9 Å². The molecule has 2 rings (SSSR count). The van der Waals surface area contributed by atoms with Gasteiger partial charge in [0.25, 0.3) is 0 Å². The van der Waals surface area contributed by atoms with E-state index in [0.717, 1.165) is 17.1 Å². The molecule has 6 nitrogen and oxygen atoms in total. The van der Waals surface area contributed by atoms with E-state index < -0.39 is 0 Å². The predicted octanol–water partition coefficient (Wildman–Crippen LogP) is 1.38. The maximum Gasteiger partial charge on any atom is 0.213 e. The van der Waals surface area contributed by atoms with Crippen LogP contribution in [0, 0.1) is 0 Å². The van der Waals surface area contributed by atoms with Gasteiger partial charge >= 0.3 is 0 Å². The first-order chi connectivity index (χ1) is 8.85. The summed E-state index contributed by atoms with van der Waals surface area (Å²) >= 11 is 0. The fraction of sp³-hybridized carbons (Fsp3) is 0.333. The lowest BCUT2D eigenvalue weighted by atomic mass is 10.2. The van der Waals surface area contributed by atoms with Crippen LogP contribution in [0.15, 0.2) is 29.1 Å². The highest BCUT2D eigenvalue weighted by atomic mass is 16.5. The summed E-state index contributed by atoms with van der Waals surface area (Å²) in [5, 5.41) is 6.93. The Bertz CT molecular complexity index is 485. The fourth-order valence-corrected chi connectivity index (χ4v) is 1.67. The lowest BCUT2D eigenvalue weighted by Crippen LogP contribution is -2.14. The number of rotatable bonds is 6. The van der Waals surface area contributed by atoms with E-state index in [4.69, 9.17) is 9.47 Å². The molecule has 1 aromatic heterocycles. The van der Waals surface area contributed by atoms with Crippen molar-refractivity contribution in [1.29, 1.82) is 0 Å². The molecule has 96 valence electrons. The number of nitrogens with one attached hydrogen (secondary N) is 1. The molecule has 0 spiro atoms. The topological polar surface area (TPSA) is 69.4 Å². The Morgan fingerprint density at radius 1 is 1.22 bits per heavy atom. The van der Waals surface area contributed by atoms with Gasteiger partial charge in [0.15, 0.2) is 17.3 Å². The third-order valence-electron chi connectivity index (χ3n) is 2.49. The highest BCUT2D eigenvalue weighted by Crippen LogP contribution is 2.30. The average Bonchev–Trinajstić information content (AvgIpc) is 2.91. The van der Waals surface area contributed by atoms with E-state index >= 15 is 0 Å². The Morgan fingerprint density at radius 2 is 2.11 bits per heavy atom. The van der Waals surface area contributed by atoms with Gasteiger partial charge in [-0.25, -0.2) is 0 Å². The van der Waals surface area contributed by atoms with Crippen molar-refractivity contribution in [1.82, 2.24) is 15.5 Å². The number of ether oxygens (including phenoxy) is 2. The Hall–Kier alpha value is -2.08. The van der Waals surface area contributed by atoms with Crippen LogP contribution in [0.5, 0.6) is 11.5 Å². The van der Waals surface area contributed by atoms with Crippen LogP contribution in [0.4, 0.5) is 0 Å². The number of hydrogen-bond acceptors (Lipinski definition) is 6. The van der Waals surface area contributed by atoms with Gasteiger partial charge in [-0.2, -0.15) is 4.98 Å². The molecule has 18 heavy (non-hydrogen) atoms. The number of hydrogen-bond donors (Lipinski definition) is 1. The van der Waals surface area contributed by atoms with E-state index in [9.17, 15) is 0 Å². The number of nitrogens with zero attached hydrogens (tertiary/aromatic N) is 2. The minimum atomic E-state index is 0.539. The zero-order valence-corrected chi connectivity index (χ0v) is 10.3. The van der Waals surface area contributed by atoms with Crippen molar-refractivity contribution in [2.45, 2.75) is 13.1 Å². The molecule has 0 bridgehead atoms. The fourth-order valence-electron chi connectivity index (χ4n) is 1.67. The zero-order chi connectivity index (χ0) is 12.8. The second-order valence-electron chi connectivity index (χ2n) is 3.60. The molecule has 1 aromatic carbocycles. The first-order valence-electron chi connectivity index (χ1n) is 5.51. The lowest BCUT2D eigenvalue weighted by molar-refractivity contribution is 0.350. The van der Waals surface area contributed by atoms with E-state index in [1.54, 1.807) is 14.2 Å². The lowest BCUT2D eigenvalue weighted by Gasteiger charge is -2.12. The Balaban J connectivity index is 2.00. The molecule has 6 heteroatoms. The van der Waals surface area contributed by atoms with Gasteiger partial charge < -0.3 is 19.3 Å². The van der Waals surface area contributed by atoms with Crippen LogP contribution in [-0.4, -0.2) is 24.4 Å². The SMILES string of the molecule is COc1cccc(CNCc2ncon2)c1OC. The van der Waals surface area contributed by atoms with Crippen molar-refractivity contribution in [3.05, 3.63) is 36.0 Å². The van der Waals surface area contributed by atoms with Crippen LogP contribution in [0.1, 0.15) is 11.4 Å². The summed E-state index contributed by atoms with van der Waals surface area (Å²) in [5.41, 5.74) is 1.01. The first kappa shape index (κ1) is 12.4. The summed E-state index contributed by atoms with van der Waals surface area (Å²) in [6, 6.07) is 5.76. The normalized spacial score (nSPS) is 10.3. The molecule has 0 aliphatic carbocycles. The van der Waals surface area contributed by atoms with Crippen LogP contribution >= 0.6 is 0 Å². The minimum absolute atomic E-state index is 0.539. The van der Waals surface area contributed by atoms with Gasteiger partial charge in [-0.3, -0.25) is 0 Å². The quantitative estimate of drug-likeness (QED) is 0.834. The minimum Gasteiger partial charge on any atom is -0.493 e. The molecule has 0 saturated carbocycles. The Kier molecular flexibility index (Phi) is 4.14. The number of para-hydroxylation sites is 1. The smallest absolute Gasteiger partial charge is 0.213 e. The summed E-state index contributed by atoms with van der Waals surface area (Å²) in [6.45, 7) is 1.17. The third-order valence-corrected chi connectivity index (χ3v) is 2.49. The number of benzene rings is 1. The van der Waals surface area contributed by atoms with Gasteiger partial charge in [-0.05, 0) is 6.07 Å². The monoisotopic (exact) mass is 249 g/mol. The summed E-state index contributed by atoms with van der Waals surface area (Å²) in [4.78, 5) is 3.93. The van der Waals surface area contributed by atoms with Crippen molar-refractivity contribution in [3.63, 3.8) is 0 Å². The molecule has 0 radical (unpaired) electrons. The van der Waals surface area contributed by atoms with Crippen LogP contribution in [-0.2, 0) is 13.1 Å². The summed E-state index contributed by atoms with van der Waals surface area (Å²) in [6.07, 6.45) is 1.31. The second kappa shape index (κ2) is 6.02. The molecule has 0 amide bonds. The van der Waals surface area contributed by atoms with Crippen molar-refractivity contribution >= 4 is 0 Å². The average molecular weight is 249 g/mol. The summed E-state index contributed by atoms with van der Waals surface area (Å²) in [7, 11) is 3.24. The summed E-state index contributed by atoms with van der Waals surface area (Å²) in [5.74, 6) is 2.08. The highest BCUT2D eigenvalue weighted by Gasteiger charge is 2.09. The second-order valence-corrected chi connectivity index (χ2v) is 3.60. The molecular weight excluding hydrogens is 234 g/mol. The molecule has 0 atom stereocenters. The van der Waals surface area contributed by atoms with E-state index in [2.05, 4.69) is 20.0 Å². The molecular formula is C12H15N3O3. The van der Waals surface area contributed by atoms with Gasteiger partial charge in [-0.15, -0.1) is 0 Å². The maximum absolute atomic E-state index is 5.34. The summed E-state index contributed by atoms with van der Waals surface area (Å²) < 4.78 is 15.2. The molecule has 1 N–H and O–H groups in total. The zero-order valence-electron chi connectivity index (χ0n) is 10.3. The van der Waals surface area contributed by atoms with Crippen LogP contribution in [0.25, 0.3) is 0 Å². The van der Waals surface area contributed by atoms with Crippen molar-refractivity contribution in [2.75, 3.05) is 14.2 Å². The van der Waals surface area contributed by atoms with Crippen molar-refractivity contribution in [3.8, 4) is 11.5 Å². The van der Waals surface area contributed by atoms with Gasteiger partial charge in [0, 0.05) is 12.1 Å². The highest BCUT2D eigenvalue weighted by molar-refractivity contribution is 5.46. The largest absolute Gasteiger partial charge is 0.493 e. The van der Waals surface area contributed by atoms with Crippen LogP contribution in [0.3, 0.4) is 0 Å². The van der Waals surface area contributed by atoms with Crippen molar-refractivity contribution in [2.24, 2.45) is 0 Å². The molecule has 0 aliphatic rings. The van der Waals surface area contributed by atoms with Crippen LogP contribution in [0.2, 0.25) is 0 Å². The number of aromatic nitrogens is 2. The molecule has 1 heterocycles. The van der Waals surface area contributed by atoms with Crippen LogP contribution < -0.4 is 14.8 Å². The molecule has 0 fully saturated rings. The molecule has 2 aromatic rings. The third kappa shape index (κ3) is 2.78. The van der Waals surface area contributed by atoms with E-state index in [-0.39, 0.29) is 0 Å². The van der Waals surface area contributed by atoms with Crippen molar-refractivity contribution < 1.29 is 14.0 Å². The predicted molar refractivity (Wildman–Crippen MR) is 64.4 cm³/mol. The first-order valence-corrected chi connectivity index (χ1v) is 5.51. The van der Waals surface area contributed by atoms with E-state index in [1.807, 2.05) is 18.2 Å². The number of methoxy groups -OCH3 is 2.